The normalized spacial score (nSPS) is 20.9. The van der Waals surface area contributed by atoms with Crippen molar-refractivity contribution >= 4 is 28.7 Å². The number of alkyl halides is 2. The predicted molar refractivity (Wildman–Crippen MR) is 128 cm³/mol. The standard InChI is InChI=1S/C24H28ClF3N2O3S/c1-5-34(32)29-21-19(30(14-24(21,27)28)22(31)33-23(2,3)4)13-16-9-7-11-18(20(16)26)15-8-6-10-17(25)12-15/h6-12,19,21,29H,5,13-14H2,1-4H3/t19-,21+,34?/m0/s1. The van der Waals surface area contributed by atoms with Crippen molar-refractivity contribution in [3.63, 3.8) is 0 Å². The number of likely N-dealkylation sites (tertiary alicyclic amines) is 1. The average Bonchev–Trinajstić information content (AvgIpc) is 2.98. The fraction of sp³-hybridized carbons (Fsp3) is 0.458. The van der Waals surface area contributed by atoms with Crippen LogP contribution >= 0.6 is 11.6 Å². The fourth-order valence-corrected chi connectivity index (χ4v) is 4.85. The first-order chi connectivity index (χ1) is 15.8. The second-order valence-corrected chi connectivity index (χ2v) is 11.1. The average molecular weight is 517 g/mol. The molecule has 1 heterocycles. The number of amides is 1. The summed E-state index contributed by atoms with van der Waals surface area (Å²) in [6, 6.07) is 8.49. The summed E-state index contributed by atoms with van der Waals surface area (Å²) < 4.78 is 65.5. The second-order valence-electron chi connectivity index (χ2n) is 9.16. The SMILES string of the molecule is CCS(=O)N[C@@H]1[C@H](Cc2cccc(-c3cccc(Cl)c3)c2F)N(C(=O)OC(C)(C)C)CC1(F)F. The van der Waals surface area contributed by atoms with Gasteiger partial charge in [-0.15, -0.1) is 0 Å². The van der Waals surface area contributed by atoms with E-state index in [0.717, 1.165) is 4.90 Å². The highest BCUT2D eigenvalue weighted by Crippen LogP contribution is 2.37. The Labute approximate surface area is 205 Å². The molecule has 186 valence electrons. The molecule has 0 aromatic heterocycles. The summed E-state index contributed by atoms with van der Waals surface area (Å²) in [4.78, 5) is 13.7. The number of halogens is 4. The van der Waals surface area contributed by atoms with Crippen molar-refractivity contribution in [1.29, 1.82) is 0 Å². The van der Waals surface area contributed by atoms with Gasteiger partial charge in [0.25, 0.3) is 5.92 Å². The second kappa shape index (κ2) is 10.3. The van der Waals surface area contributed by atoms with Gasteiger partial charge >= 0.3 is 6.09 Å². The Morgan fingerprint density at radius 1 is 1.26 bits per heavy atom. The quantitative estimate of drug-likeness (QED) is 0.545. The lowest BCUT2D eigenvalue weighted by Gasteiger charge is -2.30. The molecule has 1 aliphatic heterocycles. The third-order valence-electron chi connectivity index (χ3n) is 5.41. The summed E-state index contributed by atoms with van der Waals surface area (Å²) in [5.41, 5.74) is 0.0271. The van der Waals surface area contributed by atoms with Crippen LogP contribution in [0.5, 0.6) is 0 Å². The first-order valence-electron chi connectivity index (χ1n) is 10.9. The van der Waals surface area contributed by atoms with E-state index in [4.69, 9.17) is 16.3 Å². The largest absolute Gasteiger partial charge is 0.444 e. The molecular formula is C24H28ClF3N2O3S. The molecule has 1 unspecified atom stereocenters. The van der Waals surface area contributed by atoms with Crippen molar-refractivity contribution in [3.05, 3.63) is 58.9 Å². The molecular weight excluding hydrogens is 489 g/mol. The molecule has 1 aliphatic rings. The topological polar surface area (TPSA) is 58.6 Å². The van der Waals surface area contributed by atoms with Crippen LogP contribution in [-0.4, -0.2) is 51.1 Å². The van der Waals surface area contributed by atoms with E-state index in [2.05, 4.69) is 4.72 Å². The zero-order valence-corrected chi connectivity index (χ0v) is 21.0. The van der Waals surface area contributed by atoms with Crippen molar-refractivity contribution in [2.24, 2.45) is 0 Å². The van der Waals surface area contributed by atoms with Gasteiger partial charge in [0.15, 0.2) is 0 Å². The highest BCUT2D eigenvalue weighted by Gasteiger charge is 2.57. The number of nitrogens with one attached hydrogen (secondary N) is 1. The van der Waals surface area contributed by atoms with Crippen LogP contribution in [0.4, 0.5) is 18.0 Å². The predicted octanol–water partition coefficient (Wildman–Crippen LogP) is 5.59. The van der Waals surface area contributed by atoms with Gasteiger partial charge in [-0.3, -0.25) is 4.90 Å². The molecule has 3 atom stereocenters. The summed E-state index contributed by atoms with van der Waals surface area (Å²) in [6.07, 6.45) is -1.16. The van der Waals surface area contributed by atoms with Gasteiger partial charge in [-0.1, -0.05) is 48.9 Å². The summed E-state index contributed by atoms with van der Waals surface area (Å²) in [5, 5.41) is 0.431. The van der Waals surface area contributed by atoms with Crippen LogP contribution in [0.1, 0.15) is 33.3 Å². The molecule has 0 spiro atoms. The third kappa shape index (κ3) is 6.12. The highest BCUT2D eigenvalue weighted by atomic mass is 35.5. The van der Waals surface area contributed by atoms with E-state index in [1.165, 1.54) is 6.07 Å². The number of hydrogen-bond acceptors (Lipinski definition) is 3. The molecule has 34 heavy (non-hydrogen) atoms. The van der Waals surface area contributed by atoms with E-state index in [1.807, 2.05) is 0 Å². The Balaban J connectivity index is 2.01. The van der Waals surface area contributed by atoms with Crippen molar-refractivity contribution in [2.45, 2.75) is 57.7 Å². The number of benzene rings is 2. The van der Waals surface area contributed by atoms with Gasteiger partial charge in [0.1, 0.15) is 17.5 Å². The molecule has 1 saturated heterocycles. The molecule has 0 saturated carbocycles. The Morgan fingerprint density at radius 2 is 1.94 bits per heavy atom. The summed E-state index contributed by atoms with van der Waals surface area (Å²) in [7, 11) is -1.75. The molecule has 10 heteroatoms. The van der Waals surface area contributed by atoms with Crippen LogP contribution in [0.25, 0.3) is 11.1 Å². The minimum absolute atomic E-state index is 0.102. The van der Waals surface area contributed by atoms with E-state index >= 15 is 13.2 Å². The van der Waals surface area contributed by atoms with Gasteiger partial charge in [-0.05, 0) is 50.5 Å². The molecule has 2 aromatic rings. The van der Waals surface area contributed by atoms with Crippen LogP contribution < -0.4 is 4.72 Å². The smallest absolute Gasteiger partial charge is 0.410 e. The van der Waals surface area contributed by atoms with Crippen molar-refractivity contribution < 1.29 is 26.9 Å². The molecule has 1 amide bonds. The van der Waals surface area contributed by atoms with Gasteiger partial charge in [-0.25, -0.2) is 26.9 Å². The van der Waals surface area contributed by atoms with E-state index in [9.17, 15) is 9.00 Å². The number of carbonyl (C=O) groups is 1. The van der Waals surface area contributed by atoms with Gasteiger partial charge in [0.2, 0.25) is 0 Å². The molecule has 0 radical (unpaired) electrons. The zero-order chi connectivity index (χ0) is 25.3. The van der Waals surface area contributed by atoms with Gasteiger partial charge in [-0.2, -0.15) is 0 Å². The molecule has 0 bridgehead atoms. The van der Waals surface area contributed by atoms with Crippen LogP contribution in [0.15, 0.2) is 42.5 Å². The van der Waals surface area contributed by atoms with Crippen LogP contribution in [0.3, 0.4) is 0 Å². The van der Waals surface area contributed by atoms with E-state index < -0.39 is 53.0 Å². The molecule has 3 rings (SSSR count). The minimum atomic E-state index is -3.40. The Bertz CT molecular complexity index is 1080. The molecule has 1 fully saturated rings. The fourth-order valence-electron chi connectivity index (χ4n) is 3.88. The maximum absolute atomic E-state index is 15.5. The lowest BCUT2D eigenvalue weighted by molar-refractivity contribution is -0.0120. The van der Waals surface area contributed by atoms with Gasteiger partial charge in [0, 0.05) is 16.3 Å². The number of ether oxygens (including phenoxy) is 1. The summed E-state index contributed by atoms with van der Waals surface area (Å²) in [6.45, 7) is 5.55. The number of rotatable bonds is 6. The Hall–Kier alpha value is -2.10. The van der Waals surface area contributed by atoms with E-state index in [0.29, 0.717) is 10.6 Å². The van der Waals surface area contributed by atoms with Crippen LogP contribution in [0, 0.1) is 5.82 Å². The van der Waals surface area contributed by atoms with E-state index in [-0.39, 0.29) is 23.3 Å². The first kappa shape index (κ1) is 26.5. The van der Waals surface area contributed by atoms with Crippen molar-refractivity contribution in [2.75, 3.05) is 12.3 Å². The highest BCUT2D eigenvalue weighted by molar-refractivity contribution is 7.83. The maximum atomic E-state index is 15.5. The molecule has 0 aliphatic carbocycles. The van der Waals surface area contributed by atoms with Crippen molar-refractivity contribution in [1.82, 2.24) is 9.62 Å². The third-order valence-corrected chi connectivity index (χ3v) is 6.69. The maximum Gasteiger partial charge on any atom is 0.410 e. The summed E-state index contributed by atoms with van der Waals surface area (Å²) >= 11 is 6.04. The molecule has 1 N–H and O–H groups in total. The Kier molecular flexibility index (Phi) is 7.99. The summed E-state index contributed by atoms with van der Waals surface area (Å²) in [5.74, 6) is -3.89. The molecule has 2 aromatic carbocycles. The number of carbonyl (C=O) groups excluding carboxylic acids is 1. The van der Waals surface area contributed by atoms with Gasteiger partial charge in [0.05, 0.1) is 23.6 Å². The Morgan fingerprint density at radius 3 is 2.56 bits per heavy atom. The van der Waals surface area contributed by atoms with Crippen LogP contribution in [-0.2, 0) is 22.1 Å². The number of nitrogens with zero attached hydrogens (tertiary/aromatic N) is 1. The lowest BCUT2D eigenvalue weighted by Crippen LogP contribution is -2.51. The monoisotopic (exact) mass is 516 g/mol. The number of hydrogen-bond donors (Lipinski definition) is 1. The lowest BCUT2D eigenvalue weighted by atomic mass is 9.95. The molecule has 5 nitrogen and oxygen atoms in total. The minimum Gasteiger partial charge on any atom is -0.444 e. The van der Waals surface area contributed by atoms with E-state index in [1.54, 1.807) is 64.1 Å². The van der Waals surface area contributed by atoms with Crippen LogP contribution in [0.2, 0.25) is 5.02 Å². The zero-order valence-electron chi connectivity index (χ0n) is 19.4. The van der Waals surface area contributed by atoms with Gasteiger partial charge < -0.3 is 4.74 Å². The van der Waals surface area contributed by atoms with Crippen molar-refractivity contribution in [3.8, 4) is 11.1 Å². The first-order valence-corrected chi connectivity index (χ1v) is 12.6.